The molecule has 0 saturated heterocycles. The molecule has 3 N–H and O–H groups in total. The molecule has 0 unspecified atom stereocenters. The van der Waals surface area contributed by atoms with Gasteiger partial charge in [0.1, 0.15) is 5.82 Å². The van der Waals surface area contributed by atoms with E-state index in [0.29, 0.717) is 11.4 Å². The fourth-order valence-corrected chi connectivity index (χ4v) is 1.25. The Kier molecular flexibility index (Phi) is 3.45. The highest BCUT2D eigenvalue weighted by Gasteiger charge is 2.11. The zero-order chi connectivity index (χ0) is 11.6. The SMILES string of the molecule is CC(C)(C)CNc1cc(F)c(Cl)cc1N. The first kappa shape index (κ1) is 12.1. The Balaban J connectivity index is 2.82. The van der Waals surface area contributed by atoms with Crippen molar-refractivity contribution in [3.05, 3.63) is 23.0 Å². The number of hydrogen-bond donors (Lipinski definition) is 2. The van der Waals surface area contributed by atoms with Gasteiger partial charge in [0.2, 0.25) is 0 Å². The molecule has 0 atom stereocenters. The van der Waals surface area contributed by atoms with E-state index < -0.39 is 5.82 Å². The van der Waals surface area contributed by atoms with E-state index in [4.69, 9.17) is 17.3 Å². The minimum Gasteiger partial charge on any atom is -0.397 e. The molecule has 1 rings (SSSR count). The van der Waals surface area contributed by atoms with Crippen molar-refractivity contribution in [3.8, 4) is 0 Å². The Hall–Kier alpha value is -0.960. The van der Waals surface area contributed by atoms with Crippen molar-refractivity contribution in [3.63, 3.8) is 0 Å². The predicted octanol–water partition coefficient (Wildman–Crippen LogP) is 3.52. The summed E-state index contributed by atoms with van der Waals surface area (Å²) in [4.78, 5) is 0. The molecule has 0 saturated carbocycles. The first-order valence-electron chi connectivity index (χ1n) is 4.78. The van der Waals surface area contributed by atoms with Gasteiger partial charge in [-0.05, 0) is 11.5 Å². The van der Waals surface area contributed by atoms with E-state index in [1.165, 1.54) is 12.1 Å². The average molecular weight is 231 g/mol. The molecule has 2 nitrogen and oxygen atoms in total. The number of nitrogens with two attached hydrogens (primary N) is 1. The van der Waals surface area contributed by atoms with Crippen molar-refractivity contribution in [1.82, 2.24) is 0 Å². The lowest BCUT2D eigenvalue weighted by Crippen LogP contribution is -2.19. The van der Waals surface area contributed by atoms with E-state index in [-0.39, 0.29) is 10.4 Å². The quantitative estimate of drug-likeness (QED) is 0.763. The molecule has 0 aliphatic heterocycles. The fraction of sp³-hybridized carbons (Fsp3) is 0.455. The van der Waals surface area contributed by atoms with Crippen LogP contribution in [0.3, 0.4) is 0 Å². The van der Waals surface area contributed by atoms with Gasteiger partial charge >= 0.3 is 0 Å². The summed E-state index contributed by atoms with van der Waals surface area (Å²) in [7, 11) is 0. The van der Waals surface area contributed by atoms with E-state index in [9.17, 15) is 4.39 Å². The summed E-state index contributed by atoms with van der Waals surface area (Å²) in [6.07, 6.45) is 0. The van der Waals surface area contributed by atoms with Gasteiger partial charge in [0.05, 0.1) is 16.4 Å². The monoisotopic (exact) mass is 230 g/mol. The van der Waals surface area contributed by atoms with E-state index in [1.54, 1.807) is 0 Å². The van der Waals surface area contributed by atoms with Gasteiger partial charge in [-0.3, -0.25) is 0 Å². The number of nitrogens with one attached hydrogen (secondary N) is 1. The fourth-order valence-electron chi connectivity index (χ4n) is 1.08. The van der Waals surface area contributed by atoms with Gasteiger partial charge < -0.3 is 11.1 Å². The molecule has 0 amide bonds. The Morgan fingerprint density at radius 3 is 2.53 bits per heavy atom. The number of halogens is 2. The van der Waals surface area contributed by atoms with Crippen molar-refractivity contribution in [2.24, 2.45) is 5.41 Å². The second kappa shape index (κ2) is 4.27. The number of hydrogen-bond acceptors (Lipinski definition) is 2. The van der Waals surface area contributed by atoms with Gasteiger partial charge in [-0.25, -0.2) is 4.39 Å². The highest BCUT2D eigenvalue weighted by Crippen LogP contribution is 2.27. The lowest BCUT2D eigenvalue weighted by atomic mass is 9.97. The maximum atomic E-state index is 13.2. The standard InChI is InChI=1S/C11H16ClFN2/c1-11(2,3)6-15-10-5-8(13)7(12)4-9(10)14/h4-5,15H,6,14H2,1-3H3. The van der Waals surface area contributed by atoms with Gasteiger partial charge in [-0.1, -0.05) is 32.4 Å². The van der Waals surface area contributed by atoms with Crippen molar-refractivity contribution in [2.75, 3.05) is 17.6 Å². The van der Waals surface area contributed by atoms with Gasteiger partial charge in [-0.2, -0.15) is 0 Å². The van der Waals surface area contributed by atoms with Crippen LogP contribution in [0.2, 0.25) is 5.02 Å². The van der Waals surface area contributed by atoms with Gasteiger partial charge in [-0.15, -0.1) is 0 Å². The van der Waals surface area contributed by atoms with Crippen LogP contribution in [0.25, 0.3) is 0 Å². The summed E-state index contributed by atoms with van der Waals surface area (Å²) >= 11 is 5.59. The molecule has 1 aromatic carbocycles. The molecule has 0 fully saturated rings. The molecular weight excluding hydrogens is 215 g/mol. The molecule has 0 spiro atoms. The van der Waals surface area contributed by atoms with Crippen LogP contribution >= 0.6 is 11.6 Å². The first-order valence-corrected chi connectivity index (χ1v) is 5.16. The second-order valence-corrected chi connectivity index (χ2v) is 5.17. The molecule has 0 aromatic heterocycles. The Morgan fingerprint density at radius 1 is 1.40 bits per heavy atom. The molecule has 4 heteroatoms. The van der Waals surface area contributed by atoms with E-state index in [0.717, 1.165) is 6.54 Å². The van der Waals surface area contributed by atoms with E-state index in [1.807, 2.05) is 0 Å². The zero-order valence-electron chi connectivity index (χ0n) is 9.20. The molecule has 0 aliphatic carbocycles. The van der Waals surface area contributed by atoms with Crippen LogP contribution in [0, 0.1) is 11.2 Å². The summed E-state index contributed by atoms with van der Waals surface area (Å²) in [5.41, 5.74) is 6.87. The first-order chi connectivity index (χ1) is 6.79. The van der Waals surface area contributed by atoms with Crippen LogP contribution in [0.5, 0.6) is 0 Å². The highest BCUT2D eigenvalue weighted by molar-refractivity contribution is 6.31. The summed E-state index contributed by atoms with van der Waals surface area (Å²) in [6, 6.07) is 2.74. The van der Waals surface area contributed by atoms with E-state index in [2.05, 4.69) is 26.1 Å². The van der Waals surface area contributed by atoms with Gasteiger partial charge in [0, 0.05) is 12.6 Å². The molecule has 84 valence electrons. The third kappa shape index (κ3) is 3.59. The Labute approximate surface area is 94.6 Å². The molecule has 1 aromatic rings. The van der Waals surface area contributed by atoms with Crippen molar-refractivity contribution >= 4 is 23.0 Å². The second-order valence-electron chi connectivity index (χ2n) is 4.77. The van der Waals surface area contributed by atoms with E-state index >= 15 is 0 Å². The largest absolute Gasteiger partial charge is 0.397 e. The summed E-state index contributed by atoms with van der Waals surface area (Å²) in [6.45, 7) is 6.98. The maximum Gasteiger partial charge on any atom is 0.143 e. The van der Waals surface area contributed by atoms with Crippen LogP contribution < -0.4 is 11.1 Å². The number of anilines is 2. The van der Waals surface area contributed by atoms with Crippen molar-refractivity contribution in [1.29, 1.82) is 0 Å². The molecule has 0 heterocycles. The molecule has 15 heavy (non-hydrogen) atoms. The third-order valence-corrected chi connectivity index (χ3v) is 2.19. The minimum atomic E-state index is -0.456. The van der Waals surface area contributed by atoms with Crippen LogP contribution in [0.1, 0.15) is 20.8 Å². The lowest BCUT2D eigenvalue weighted by molar-refractivity contribution is 0.443. The summed E-state index contributed by atoms with van der Waals surface area (Å²) in [5.74, 6) is -0.456. The van der Waals surface area contributed by atoms with Crippen LogP contribution in [-0.2, 0) is 0 Å². The Morgan fingerprint density at radius 2 is 2.00 bits per heavy atom. The van der Waals surface area contributed by atoms with Gasteiger partial charge in [0.25, 0.3) is 0 Å². The molecule has 0 radical (unpaired) electrons. The predicted molar refractivity (Wildman–Crippen MR) is 63.8 cm³/mol. The number of nitrogen functional groups attached to an aromatic ring is 1. The maximum absolute atomic E-state index is 13.2. The summed E-state index contributed by atoms with van der Waals surface area (Å²) < 4.78 is 13.2. The van der Waals surface area contributed by atoms with Crippen molar-refractivity contribution < 1.29 is 4.39 Å². The topological polar surface area (TPSA) is 38.0 Å². The molecule has 0 bridgehead atoms. The van der Waals surface area contributed by atoms with Crippen LogP contribution in [0.15, 0.2) is 12.1 Å². The minimum absolute atomic E-state index is 0.0498. The van der Waals surface area contributed by atoms with Gasteiger partial charge in [0.15, 0.2) is 0 Å². The molecule has 0 aliphatic rings. The normalized spacial score (nSPS) is 11.5. The summed E-state index contributed by atoms with van der Waals surface area (Å²) in [5, 5.41) is 3.15. The number of benzene rings is 1. The zero-order valence-corrected chi connectivity index (χ0v) is 9.95. The number of rotatable bonds is 2. The average Bonchev–Trinajstić information content (AvgIpc) is 2.07. The third-order valence-electron chi connectivity index (χ3n) is 1.90. The highest BCUT2D eigenvalue weighted by atomic mass is 35.5. The smallest absolute Gasteiger partial charge is 0.143 e. The van der Waals surface area contributed by atoms with Crippen LogP contribution in [-0.4, -0.2) is 6.54 Å². The lowest BCUT2D eigenvalue weighted by Gasteiger charge is -2.20. The Bertz CT molecular complexity index is 358. The molecular formula is C11H16ClFN2. The van der Waals surface area contributed by atoms with Crippen LogP contribution in [0.4, 0.5) is 15.8 Å². The van der Waals surface area contributed by atoms with Crippen molar-refractivity contribution in [2.45, 2.75) is 20.8 Å².